The van der Waals surface area contributed by atoms with Gasteiger partial charge in [0.05, 0.1) is 4.90 Å². The van der Waals surface area contributed by atoms with E-state index in [4.69, 9.17) is 10.5 Å². The summed E-state index contributed by atoms with van der Waals surface area (Å²) in [5.74, 6) is -1.03. The number of fused-ring (bicyclic) bond motifs is 1. The summed E-state index contributed by atoms with van der Waals surface area (Å²) in [7, 11) is -3.66. The van der Waals surface area contributed by atoms with Gasteiger partial charge in [-0.3, -0.25) is 14.5 Å². The molecule has 0 saturated heterocycles. The molecule has 2 aromatic carbocycles. The van der Waals surface area contributed by atoms with Crippen molar-refractivity contribution in [2.75, 3.05) is 0 Å². The van der Waals surface area contributed by atoms with E-state index in [1.807, 2.05) is 0 Å². The number of nitrogens with zero attached hydrogens (tertiary/aromatic N) is 1. The predicted molar refractivity (Wildman–Crippen MR) is 97.5 cm³/mol. The Hall–Kier alpha value is -3.20. The lowest BCUT2D eigenvalue weighted by Gasteiger charge is -2.09. The Morgan fingerprint density at radius 1 is 1.15 bits per heavy atom. The van der Waals surface area contributed by atoms with Crippen molar-refractivity contribution in [2.45, 2.75) is 24.5 Å². The van der Waals surface area contributed by atoms with Crippen molar-refractivity contribution < 1.29 is 22.7 Å². The molecule has 1 amide bonds. The molecule has 0 unspecified atom stereocenters. The summed E-state index contributed by atoms with van der Waals surface area (Å²) in [4.78, 5) is 27.5. The van der Waals surface area contributed by atoms with E-state index in [0.717, 1.165) is 0 Å². The smallest absolute Gasteiger partial charge is 0.330 e. The summed E-state index contributed by atoms with van der Waals surface area (Å²) in [6.07, 6.45) is 0. The van der Waals surface area contributed by atoms with Crippen LogP contribution in [0.15, 0.2) is 58.4 Å². The molecule has 140 valence electrons. The fourth-order valence-electron chi connectivity index (χ4n) is 2.52. The first-order valence-corrected chi connectivity index (χ1v) is 9.51. The number of ether oxygens (including phenoxy) is 1. The van der Waals surface area contributed by atoms with E-state index in [-0.39, 0.29) is 17.3 Å². The first kappa shape index (κ1) is 18.6. The molecule has 0 aliphatic carbocycles. The van der Waals surface area contributed by atoms with Gasteiger partial charge in [0.15, 0.2) is 0 Å². The lowest BCUT2D eigenvalue weighted by molar-refractivity contribution is -0.146. The molecule has 0 radical (unpaired) electrons. The fraction of sp³-hybridized carbons (Fsp3) is 0.167. The highest BCUT2D eigenvalue weighted by Gasteiger charge is 2.31. The van der Waals surface area contributed by atoms with Crippen molar-refractivity contribution in [1.29, 1.82) is 0 Å². The highest BCUT2D eigenvalue weighted by atomic mass is 32.2. The van der Waals surface area contributed by atoms with Crippen molar-refractivity contribution in [2.24, 2.45) is 10.7 Å². The van der Waals surface area contributed by atoms with Gasteiger partial charge in [-0.2, -0.15) is 0 Å². The number of carbonyl (C=O) groups is 2. The number of hydrogen-bond donors (Lipinski definition) is 2. The van der Waals surface area contributed by atoms with Gasteiger partial charge in [-0.1, -0.05) is 24.3 Å². The number of amidine groups is 1. The van der Waals surface area contributed by atoms with Crippen LogP contribution in [0.25, 0.3) is 0 Å². The summed E-state index contributed by atoms with van der Waals surface area (Å²) in [5, 5.41) is 0. The molecule has 1 aliphatic rings. The second-order valence-corrected chi connectivity index (χ2v) is 7.58. The molecule has 0 bridgehead atoms. The predicted octanol–water partition coefficient (Wildman–Crippen LogP) is 0.956. The van der Waals surface area contributed by atoms with Gasteiger partial charge < -0.3 is 10.5 Å². The Morgan fingerprint density at radius 3 is 2.48 bits per heavy atom. The zero-order valence-electron chi connectivity index (χ0n) is 14.4. The third-order valence-electron chi connectivity index (χ3n) is 3.95. The summed E-state index contributed by atoms with van der Waals surface area (Å²) < 4.78 is 31.7. The molecule has 8 nitrogen and oxygen atoms in total. The average Bonchev–Trinajstić information content (AvgIpc) is 2.90. The number of nitrogens with one attached hydrogen (secondary N) is 1. The number of benzene rings is 2. The van der Waals surface area contributed by atoms with Gasteiger partial charge in [0.1, 0.15) is 18.5 Å². The number of amides is 1. The third-order valence-corrected chi connectivity index (χ3v) is 5.34. The van der Waals surface area contributed by atoms with Crippen LogP contribution in [0, 0.1) is 0 Å². The van der Waals surface area contributed by atoms with E-state index in [9.17, 15) is 18.0 Å². The van der Waals surface area contributed by atoms with E-state index in [0.29, 0.717) is 16.7 Å². The maximum absolute atomic E-state index is 12.2. The first-order valence-electron chi connectivity index (χ1n) is 8.03. The third kappa shape index (κ3) is 3.98. The SMILES string of the molecule is C[C@H](N=C1NS(=O)(=O)c2ccccc21)C(=O)OCc1ccc(C(N)=O)cc1. The molecule has 0 fully saturated rings. The summed E-state index contributed by atoms with van der Waals surface area (Å²) in [6.45, 7) is 1.51. The molecule has 1 aliphatic heterocycles. The molecule has 27 heavy (non-hydrogen) atoms. The summed E-state index contributed by atoms with van der Waals surface area (Å²) in [5.41, 5.74) is 6.62. The molecule has 3 rings (SSSR count). The van der Waals surface area contributed by atoms with Crippen LogP contribution in [0.5, 0.6) is 0 Å². The average molecular weight is 387 g/mol. The topological polar surface area (TPSA) is 128 Å². The maximum Gasteiger partial charge on any atom is 0.330 e. The van der Waals surface area contributed by atoms with Crippen LogP contribution in [-0.4, -0.2) is 32.2 Å². The molecular formula is C18H17N3O5S. The number of carbonyl (C=O) groups excluding carboxylic acids is 2. The van der Waals surface area contributed by atoms with E-state index in [1.54, 1.807) is 42.5 Å². The van der Waals surface area contributed by atoms with E-state index >= 15 is 0 Å². The molecule has 0 saturated carbocycles. The van der Waals surface area contributed by atoms with Gasteiger partial charge in [-0.25, -0.2) is 13.2 Å². The van der Waals surface area contributed by atoms with Crippen LogP contribution in [0.1, 0.15) is 28.4 Å². The molecule has 3 N–H and O–H groups in total. The van der Waals surface area contributed by atoms with E-state index in [2.05, 4.69) is 9.71 Å². The standard InChI is InChI=1S/C18H17N3O5S/c1-11(18(23)26-10-12-6-8-13(9-7-12)16(19)22)20-17-14-4-2-3-5-15(14)27(24,25)21-17/h2-9,11H,10H2,1H3,(H2,19,22)(H,20,21)/t11-/m0/s1. The van der Waals surface area contributed by atoms with Crippen LogP contribution >= 0.6 is 0 Å². The Labute approximate surface area is 156 Å². The minimum absolute atomic E-state index is 0.00458. The van der Waals surface area contributed by atoms with Gasteiger partial charge in [-0.05, 0) is 36.8 Å². The normalized spacial score (nSPS) is 17.0. The number of primary amides is 1. The lowest BCUT2D eigenvalue weighted by Crippen LogP contribution is -2.26. The Kier molecular flexibility index (Phi) is 4.95. The summed E-state index contributed by atoms with van der Waals surface area (Å²) >= 11 is 0. The highest BCUT2D eigenvalue weighted by Crippen LogP contribution is 2.22. The molecule has 0 spiro atoms. The number of esters is 1. The fourth-order valence-corrected chi connectivity index (χ4v) is 3.76. The molecule has 9 heteroatoms. The van der Waals surface area contributed by atoms with Gasteiger partial charge in [0.2, 0.25) is 5.91 Å². The number of nitrogens with two attached hydrogens (primary N) is 1. The zero-order valence-corrected chi connectivity index (χ0v) is 15.2. The lowest BCUT2D eigenvalue weighted by atomic mass is 10.1. The van der Waals surface area contributed by atoms with Crippen LogP contribution < -0.4 is 10.5 Å². The van der Waals surface area contributed by atoms with Crippen molar-refractivity contribution in [3.05, 3.63) is 65.2 Å². The van der Waals surface area contributed by atoms with Crippen molar-refractivity contribution in [1.82, 2.24) is 4.72 Å². The molecule has 2 aromatic rings. The molecule has 1 atom stereocenters. The van der Waals surface area contributed by atoms with Gasteiger partial charge in [0, 0.05) is 11.1 Å². The number of rotatable bonds is 5. The van der Waals surface area contributed by atoms with E-state index in [1.165, 1.54) is 13.0 Å². The second-order valence-electron chi connectivity index (χ2n) is 5.92. The Bertz CT molecular complexity index is 1030. The zero-order chi connectivity index (χ0) is 19.6. The first-order chi connectivity index (χ1) is 12.8. The van der Waals surface area contributed by atoms with Crippen LogP contribution in [0.4, 0.5) is 0 Å². The summed E-state index contributed by atoms with van der Waals surface area (Å²) in [6, 6.07) is 11.8. The molecule has 1 heterocycles. The van der Waals surface area contributed by atoms with Gasteiger partial charge >= 0.3 is 5.97 Å². The Morgan fingerprint density at radius 2 is 1.81 bits per heavy atom. The second kappa shape index (κ2) is 7.20. The monoisotopic (exact) mass is 387 g/mol. The van der Waals surface area contributed by atoms with Crippen molar-refractivity contribution in [3.8, 4) is 0 Å². The largest absolute Gasteiger partial charge is 0.459 e. The van der Waals surface area contributed by atoms with Gasteiger partial charge in [-0.15, -0.1) is 0 Å². The van der Waals surface area contributed by atoms with E-state index < -0.39 is 27.9 Å². The molecular weight excluding hydrogens is 370 g/mol. The number of aliphatic imine (C=N–C) groups is 1. The Balaban J connectivity index is 1.68. The quantitative estimate of drug-likeness (QED) is 0.739. The van der Waals surface area contributed by atoms with Gasteiger partial charge in [0.25, 0.3) is 10.0 Å². The number of hydrogen-bond acceptors (Lipinski definition) is 6. The highest BCUT2D eigenvalue weighted by molar-refractivity contribution is 7.90. The van der Waals surface area contributed by atoms with Crippen LogP contribution in [0.2, 0.25) is 0 Å². The molecule has 0 aromatic heterocycles. The van der Waals surface area contributed by atoms with Crippen molar-refractivity contribution >= 4 is 27.7 Å². The maximum atomic E-state index is 12.2. The van der Waals surface area contributed by atoms with Crippen LogP contribution in [-0.2, 0) is 26.2 Å². The van der Waals surface area contributed by atoms with Crippen molar-refractivity contribution in [3.63, 3.8) is 0 Å². The minimum atomic E-state index is -3.66. The number of sulfonamides is 1. The van der Waals surface area contributed by atoms with Crippen LogP contribution in [0.3, 0.4) is 0 Å². The minimum Gasteiger partial charge on any atom is -0.459 e.